The van der Waals surface area contributed by atoms with E-state index < -0.39 is 29.5 Å². The molecular weight excluding hydrogens is 380 g/mol. The summed E-state index contributed by atoms with van der Waals surface area (Å²) in [5, 5.41) is 23.5. The fraction of sp³-hybridized carbons (Fsp3) is 0.105. The number of aromatic hydroxyl groups is 1. The van der Waals surface area contributed by atoms with Crippen molar-refractivity contribution in [3.8, 4) is 16.9 Å². The number of barbiturate groups is 1. The number of phenolic OH excluding ortho intramolecular Hbond substituents is 1. The Hall–Kier alpha value is -4.21. The van der Waals surface area contributed by atoms with Crippen molar-refractivity contribution in [3.63, 3.8) is 0 Å². The minimum absolute atomic E-state index is 0.0506. The van der Waals surface area contributed by atoms with Crippen LogP contribution in [-0.2, 0) is 9.59 Å². The van der Waals surface area contributed by atoms with Crippen LogP contribution in [-0.4, -0.2) is 63.6 Å². The van der Waals surface area contributed by atoms with Gasteiger partial charge in [-0.25, -0.2) is 9.59 Å². The van der Waals surface area contributed by atoms with Crippen molar-refractivity contribution >= 4 is 35.2 Å². The van der Waals surface area contributed by atoms with E-state index in [1.165, 1.54) is 32.3 Å². The number of nitrogens with zero attached hydrogens (tertiary/aromatic N) is 3. The molecule has 0 spiro atoms. The first kappa shape index (κ1) is 19.5. The minimum atomic E-state index is -1.11. The lowest BCUT2D eigenvalue weighted by Crippen LogP contribution is -2.57. The zero-order valence-electron chi connectivity index (χ0n) is 15.4. The molecule has 0 bridgehead atoms. The van der Waals surface area contributed by atoms with Crippen LogP contribution in [0.4, 0.5) is 10.5 Å². The highest BCUT2D eigenvalue weighted by Gasteiger charge is 2.39. The molecule has 0 radical (unpaired) electrons. The number of carboxylic acids is 1. The summed E-state index contributed by atoms with van der Waals surface area (Å²) in [6.07, 6.45) is 0. The molecule has 148 valence electrons. The van der Waals surface area contributed by atoms with Crippen LogP contribution in [0.25, 0.3) is 11.1 Å². The van der Waals surface area contributed by atoms with E-state index in [0.717, 1.165) is 9.80 Å². The Morgan fingerprint density at radius 2 is 1.62 bits per heavy atom. The number of phenols is 1. The van der Waals surface area contributed by atoms with Crippen molar-refractivity contribution in [2.75, 3.05) is 19.5 Å². The Morgan fingerprint density at radius 1 is 1.00 bits per heavy atom. The number of hydrogen-bond donors (Lipinski definition) is 3. The third-order valence-corrected chi connectivity index (χ3v) is 4.33. The second kappa shape index (κ2) is 7.43. The van der Waals surface area contributed by atoms with Crippen LogP contribution >= 0.6 is 0 Å². The standard InChI is InChI=1S/C19H16N4O6/c1-22-16(25)14(17(26)23(2)19(22)29)21-20-13-8-4-7-12(15(13)24)10-5-3-6-11(9-10)18(27)28/h3-9,20,24H,1-2H3,(H,27,28). The number of imide groups is 2. The maximum Gasteiger partial charge on any atom is 0.335 e. The minimum Gasteiger partial charge on any atom is -0.505 e. The number of carboxylic acid groups (broad SMARTS) is 1. The van der Waals surface area contributed by atoms with E-state index in [9.17, 15) is 24.3 Å². The molecule has 1 heterocycles. The summed E-state index contributed by atoms with van der Waals surface area (Å²) < 4.78 is 0. The van der Waals surface area contributed by atoms with Crippen LogP contribution in [0, 0.1) is 0 Å². The Bertz CT molecular complexity index is 1050. The quantitative estimate of drug-likeness (QED) is 0.526. The lowest BCUT2D eigenvalue weighted by atomic mass is 10.0. The molecule has 2 aromatic rings. The zero-order valence-corrected chi connectivity index (χ0v) is 15.4. The molecule has 0 aliphatic carbocycles. The lowest BCUT2D eigenvalue weighted by molar-refractivity contribution is -0.129. The number of aromatic carboxylic acids is 1. The van der Waals surface area contributed by atoms with Crippen LogP contribution in [0.2, 0.25) is 0 Å². The van der Waals surface area contributed by atoms with E-state index >= 15 is 0 Å². The van der Waals surface area contributed by atoms with Gasteiger partial charge in [-0.3, -0.25) is 24.8 Å². The van der Waals surface area contributed by atoms with E-state index in [4.69, 9.17) is 5.11 Å². The first-order valence-electron chi connectivity index (χ1n) is 8.32. The number of rotatable bonds is 4. The van der Waals surface area contributed by atoms with E-state index in [0.29, 0.717) is 11.1 Å². The monoisotopic (exact) mass is 396 g/mol. The fourth-order valence-corrected chi connectivity index (χ4v) is 2.71. The van der Waals surface area contributed by atoms with E-state index in [1.54, 1.807) is 24.3 Å². The van der Waals surface area contributed by atoms with E-state index in [2.05, 4.69) is 10.5 Å². The number of nitrogens with one attached hydrogen (secondary N) is 1. The molecule has 1 saturated heterocycles. The Morgan fingerprint density at radius 3 is 2.24 bits per heavy atom. The molecule has 10 nitrogen and oxygen atoms in total. The van der Waals surface area contributed by atoms with E-state index in [-0.39, 0.29) is 17.0 Å². The van der Waals surface area contributed by atoms with Crippen molar-refractivity contribution in [2.24, 2.45) is 5.10 Å². The first-order chi connectivity index (χ1) is 13.7. The predicted molar refractivity (Wildman–Crippen MR) is 102 cm³/mol. The summed E-state index contributed by atoms with van der Waals surface area (Å²) in [7, 11) is 2.44. The summed E-state index contributed by atoms with van der Waals surface area (Å²) >= 11 is 0. The molecule has 1 fully saturated rings. The van der Waals surface area contributed by atoms with E-state index in [1.807, 2.05) is 0 Å². The lowest BCUT2D eigenvalue weighted by Gasteiger charge is -2.27. The normalized spacial score (nSPS) is 14.3. The van der Waals surface area contributed by atoms with Gasteiger partial charge in [-0.15, -0.1) is 0 Å². The number of carbonyl (C=O) groups is 4. The highest BCUT2D eigenvalue weighted by Crippen LogP contribution is 2.35. The highest BCUT2D eigenvalue weighted by molar-refractivity contribution is 6.68. The molecule has 0 unspecified atom stereocenters. The van der Waals surface area contributed by atoms with Crippen molar-refractivity contribution in [2.45, 2.75) is 0 Å². The molecule has 0 atom stereocenters. The molecule has 3 rings (SSSR count). The summed E-state index contributed by atoms with van der Waals surface area (Å²) in [5.74, 6) is -3.12. The van der Waals surface area contributed by atoms with Crippen LogP contribution in [0.3, 0.4) is 0 Å². The predicted octanol–water partition coefficient (Wildman–Crippen LogP) is 1.58. The number of amides is 4. The van der Waals surface area contributed by atoms with Crippen molar-refractivity contribution in [1.29, 1.82) is 0 Å². The molecule has 1 aliphatic heterocycles. The van der Waals surface area contributed by atoms with Gasteiger partial charge in [-0.1, -0.05) is 24.3 Å². The largest absolute Gasteiger partial charge is 0.505 e. The molecule has 1 aliphatic rings. The number of benzene rings is 2. The van der Waals surface area contributed by atoms with Gasteiger partial charge in [0.15, 0.2) is 0 Å². The first-order valence-corrected chi connectivity index (χ1v) is 8.32. The Kier molecular flexibility index (Phi) is 5.01. The molecular formula is C19H16N4O6. The Labute approximate surface area is 164 Å². The number of hydrogen-bond acceptors (Lipinski definition) is 7. The number of para-hydroxylation sites is 1. The average molecular weight is 396 g/mol. The third kappa shape index (κ3) is 3.50. The van der Waals surface area contributed by atoms with Gasteiger partial charge in [0.25, 0.3) is 11.8 Å². The molecule has 10 heteroatoms. The number of urea groups is 1. The SMILES string of the molecule is CN1C(=O)C(=NNc2cccc(-c3cccc(C(=O)O)c3)c2O)C(=O)N(C)C1=O. The van der Waals surface area contributed by atoms with Gasteiger partial charge in [-0.05, 0) is 23.8 Å². The van der Waals surface area contributed by atoms with Gasteiger partial charge >= 0.3 is 12.0 Å². The van der Waals surface area contributed by atoms with Gasteiger partial charge in [-0.2, -0.15) is 5.10 Å². The van der Waals surface area contributed by atoms with Crippen LogP contribution in [0.15, 0.2) is 47.6 Å². The van der Waals surface area contributed by atoms with Crippen LogP contribution < -0.4 is 5.43 Å². The molecule has 2 aromatic carbocycles. The second-order valence-corrected chi connectivity index (χ2v) is 6.17. The Balaban J connectivity index is 1.95. The second-order valence-electron chi connectivity index (χ2n) is 6.17. The number of anilines is 1. The van der Waals surface area contributed by atoms with Gasteiger partial charge in [0, 0.05) is 19.7 Å². The highest BCUT2D eigenvalue weighted by atomic mass is 16.4. The summed E-state index contributed by atoms with van der Waals surface area (Å²) in [6.45, 7) is 0. The average Bonchev–Trinajstić information content (AvgIpc) is 2.72. The van der Waals surface area contributed by atoms with Crippen molar-refractivity contribution < 1.29 is 29.4 Å². The van der Waals surface area contributed by atoms with Gasteiger partial charge in [0.05, 0.1) is 11.3 Å². The topological polar surface area (TPSA) is 140 Å². The molecule has 0 saturated carbocycles. The van der Waals surface area contributed by atoms with Gasteiger partial charge < -0.3 is 10.2 Å². The number of hydrazone groups is 1. The van der Waals surface area contributed by atoms with Crippen molar-refractivity contribution in [1.82, 2.24) is 9.80 Å². The smallest absolute Gasteiger partial charge is 0.335 e. The molecule has 29 heavy (non-hydrogen) atoms. The number of carbonyl (C=O) groups excluding carboxylic acids is 3. The summed E-state index contributed by atoms with van der Waals surface area (Å²) in [5.41, 5.74) is 2.85. The summed E-state index contributed by atoms with van der Waals surface area (Å²) in [6, 6.07) is 9.83. The molecule has 4 amide bonds. The van der Waals surface area contributed by atoms with Gasteiger partial charge in [0.1, 0.15) is 5.75 Å². The fourth-order valence-electron chi connectivity index (χ4n) is 2.71. The third-order valence-electron chi connectivity index (χ3n) is 4.33. The van der Waals surface area contributed by atoms with Crippen LogP contribution in [0.1, 0.15) is 10.4 Å². The van der Waals surface area contributed by atoms with Gasteiger partial charge in [0.2, 0.25) is 5.71 Å². The molecule has 0 aromatic heterocycles. The maximum atomic E-state index is 12.2. The summed E-state index contributed by atoms with van der Waals surface area (Å²) in [4.78, 5) is 48.7. The van der Waals surface area contributed by atoms with Crippen molar-refractivity contribution in [3.05, 3.63) is 48.0 Å². The maximum absolute atomic E-state index is 12.2. The molecule has 3 N–H and O–H groups in total. The van der Waals surface area contributed by atoms with Crippen LogP contribution in [0.5, 0.6) is 5.75 Å². The zero-order chi connectivity index (χ0) is 21.3.